The lowest BCUT2D eigenvalue weighted by molar-refractivity contribution is -0.125. The average molecular weight is 560 g/mol. The van der Waals surface area contributed by atoms with Gasteiger partial charge in [0.25, 0.3) is 12.3 Å². The molecule has 3 atom stereocenters. The number of carbonyl (C=O) groups excluding carboxylic acids is 2. The minimum absolute atomic E-state index is 0.0731. The number of H-pyrrole nitrogens is 1. The first kappa shape index (κ1) is 27.9. The zero-order valence-electron chi connectivity index (χ0n) is 22.3. The van der Waals surface area contributed by atoms with Gasteiger partial charge in [-0.15, -0.1) is 0 Å². The Kier molecular flexibility index (Phi) is 8.24. The summed E-state index contributed by atoms with van der Waals surface area (Å²) in [7, 11) is 1.41. The number of hydrogen-bond donors (Lipinski definition) is 3. The van der Waals surface area contributed by atoms with Crippen molar-refractivity contribution >= 4 is 22.8 Å². The van der Waals surface area contributed by atoms with E-state index in [-0.39, 0.29) is 36.1 Å². The van der Waals surface area contributed by atoms with Gasteiger partial charge in [-0.25, -0.2) is 23.1 Å². The summed E-state index contributed by atoms with van der Waals surface area (Å²) in [5.41, 5.74) is 1.93. The number of rotatable bonds is 10. The van der Waals surface area contributed by atoms with E-state index in [0.717, 1.165) is 12.8 Å². The molecule has 40 heavy (non-hydrogen) atoms. The molecule has 0 bridgehead atoms. The molecule has 5 rings (SSSR count). The van der Waals surface area contributed by atoms with Crippen LogP contribution in [0.5, 0.6) is 5.75 Å². The van der Waals surface area contributed by atoms with Gasteiger partial charge < -0.3 is 25.1 Å². The van der Waals surface area contributed by atoms with E-state index in [9.17, 15) is 18.4 Å². The van der Waals surface area contributed by atoms with E-state index in [1.54, 1.807) is 6.92 Å². The number of aryl methyl sites for hydroxylation is 1. The van der Waals surface area contributed by atoms with Crippen LogP contribution in [0.2, 0.25) is 0 Å². The van der Waals surface area contributed by atoms with Crippen molar-refractivity contribution < 1.29 is 32.2 Å². The summed E-state index contributed by atoms with van der Waals surface area (Å²) in [6.45, 7) is 2.07. The third kappa shape index (κ3) is 6.06. The molecular formula is C28H32F3N5O4. The summed E-state index contributed by atoms with van der Waals surface area (Å²) in [6, 6.07) is 3.13. The van der Waals surface area contributed by atoms with E-state index < -0.39 is 24.5 Å². The van der Waals surface area contributed by atoms with E-state index in [1.165, 1.54) is 31.6 Å². The molecule has 0 saturated heterocycles. The van der Waals surface area contributed by atoms with Crippen LogP contribution in [-0.4, -0.2) is 65.3 Å². The summed E-state index contributed by atoms with van der Waals surface area (Å²) < 4.78 is 53.0. The van der Waals surface area contributed by atoms with Gasteiger partial charge in [-0.05, 0) is 56.7 Å². The molecular weight excluding hydrogens is 527 g/mol. The number of aromatic amines is 1. The molecule has 2 aromatic heterocycles. The Morgan fingerprint density at radius 1 is 1.15 bits per heavy atom. The van der Waals surface area contributed by atoms with Gasteiger partial charge in [-0.1, -0.05) is 0 Å². The lowest BCUT2D eigenvalue weighted by Crippen LogP contribution is -2.50. The highest BCUT2D eigenvalue weighted by Gasteiger charge is 2.34. The minimum atomic E-state index is -2.68. The number of alkyl halides is 3. The number of amides is 2. The fraction of sp³-hybridized carbons (Fsp3) is 0.500. The molecule has 0 radical (unpaired) electrons. The van der Waals surface area contributed by atoms with Crippen molar-refractivity contribution in [2.45, 2.75) is 63.7 Å². The van der Waals surface area contributed by atoms with Gasteiger partial charge in [0.2, 0.25) is 5.91 Å². The molecule has 0 spiro atoms. The van der Waals surface area contributed by atoms with Crippen LogP contribution in [-0.2, 0) is 9.53 Å². The topological polar surface area (TPSA) is 118 Å². The summed E-state index contributed by atoms with van der Waals surface area (Å²) >= 11 is 0. The zero-order chi connectivity index (χ0) is 28.4. The van der Waals surface area contributed by atoms with E-state index in [2.05, 4.69) is 25.6 Å². The number of ether oxygens (including phenoxy) is 2. The lowest BCUT2D eigenvalue weighted by Gasteiger charge is -2.32. The molecule has 2 heterocycles. The minimum Gasteiger partial charge on any atom is -0.493 e. The van der Waals surface area contributed by atoms with Gasteiger partial charge in [0, 0.05) is 36.4 Å². The van der Waals surface area contributed by atoms with Crippen LogP contribution < -0.4 is 15.4 Å². The number of aromatic nitrogens is 3. The molecule has 0 unspecified atom stereocenters. The summed E-state index contributed by atoms with van der Waals surface area (Å²) in [4.78, 5) is 37.0. The highest BCUT2D eigenvalue weighted by molar-refractivity contribution is 6.09. The Bertz CT molecular complexity index is 1390. The fourth-order valence-corrected chi connectivity index (χ4v) is 5.14. The van der Waals surface area contributed by atoms with Crippen molar-refractivity contribution in [2.75, 3.05) is 20.3 Å². The van der Waals surface area contributed by atoms with Crippen LogP contribution in [0.25, 0.3) is 22.3 Å². The van der Waals surface area contributed by atoms with Crippen molar-refractivity contribution in [3.63, 3.8) is 0 Å². The smallest absolute Gasteiger partial charge is 0.263 e. The normalized spacial score (nSPS) is 21.0. The Hall–Kier alpha value is -3.67. The van der Waals surface area contributed by atoms with Gasteiger partial charge in [0.15, 0.2) is 0 Å². The lowest BCUT2D eigenvalue weighted by atomic mass is 9.89. The van der Waals surface area contributed by atoms with Crippen LogP contribution in [0.4, 0.5) is 13.2 Å². The first-order valence-corrected chi connectivity index (χ1v) is 13.4. The van der Waals surface area contributed by atoms with E-state index in [4.69, 9.17) is 9.47 Å². The second-order valence-electron chi connectivity index (χ2n) is 10.5. The van der Waals surface area contributed by atoms with Gasteiger partial charge in [-0.3, -0.25) is 9.59 Å². The Balaban J connectivity index is 1.39. The SMILES string of the molecule is COCC(=O)N[C@H]1CC[C@@H](NC(=O)c2c(C)[nH]c3c(-c4cc(C(F)F)ccc4OCC4CC4)ncnc23)[C@H](F)C1. The monoisotopic (exact) mass is 559 g/mol. The molecule has 214 valence electrons. The van der Waals surface area contributed by atoms with Crippen LogP contribution in [0.1, 0.15) is 60.1 Å². The van der Waals surface area contributed by atoms with Crippen LogP contribution in [0, 0.1) is 12.8 Å². The number of benzene rings is 1. The third-order valence-corrected chi connectivity index (χ3v) is 7.41. The maximum absolute atomic E-state index is 15.0. The highest BCUT2D eigenvalue weighted by atomic mass is 19.3. The van der Waals surface area contributed by atoms with Crippen molar-refractivity contribution in [3.8, 4) is 17.0 Å². The summed E-state index contributed by atoms with van der Waals surface area (Å²) in [6.07, 6.45) is 0.290. The Morgan fingerprint density at radius 3 is 2.65 bits per heavy atom. The van der Waals surface area contributed by atoms with E-state index >= 15 is 4.39 Å². The molecule has 2 aliphatic carbocycles. The van der Waals surface area contributed by atoms with E-state index in [0.29, 0.717) is 59.1 Å². The number of fused-ring (bicyclic) bond motifs is 1. The van der Waals surface area contributed by atoms with Gasteiger partial charge in [0.05, 0.1) is 23.7 Å². The first-order chi connectivity index (χ1) is 19.2. The van der Waals surface area contributed by atoms with Gasteiger partial charge in [-0.2, -0.15) is 0 Å². The van der Waals surface area contributed by atoms with Crippen LogP contribution >= 0.6 is 0 Å². The predicted octanol–water partition coefficient (Wildman–Crippen LogP) is 4.41. The molecule has 2 amide bonds. The van der Waals surface area contributed by atoms with Crippen molar-refractivity contribution in [2.24, 2.45) is 5.92 Å². The second-order valence-corrected chi connectivity index (χ2v) is 10.5. The summed E-state index contributed by atoms with van der Waals surface area (Å²) in [5, 5.41) is 5.53. The number of carbonyl (C=O) groups is 2. The molecule has 2 saturated carbocycles. The van der Waals surface area contributed by atoms with Crippen LogP contribution in [0.3, 0.4) is 0 Å². The number of nitrogens with zero attached hydrogens (tertiary/aromatic N) is 2. The zero-order valence-corrected chi connectivity index (χ0v) is 22.3. The van der Waals surface area contributed by atoms with Crippen LogP contribution in [0.15, 0.2) is 24.5 Å². The molecule has 9 nitrogen and oxygen atoms in total. The molecule has 0 aliphatic heterocycles. The van der Waals surface area contributed by atoms with Crippen molar-refractivity contribution in [1.29, 1.82) is 0 Å². The number of methoxy groups -OCH3 is 1. The maximum Gasteiger partial charge on any atom is 0.263 e. The molecule has 3 aromatic rings. The average Bonchev–Trinajstić information content (AvgIpc) is 3.68. The number of halogens is 3. The fourth-order valence-electron chi connectivity index (χ4n) is 5.14. The van der Waals surface area contributed by atoms with Gasteiger partial charge in [0.1, 0.15) is 36.1 Å². The quantitative estimate of drug-likeness (QED) is 0.339. The standard InChI is InChI=1S/C28H32F3N5O4/c1-14-23(28(38)36-20-7-6-17(10-19(20)29)35-22(37)12-39-2)25-26(34-14)24(32-13-33-25)18-9-16(27(30)31)5-8-21(18)40-11-15-3-4-15/h5,8-9,13,15,17,19-20,27,34H,3-4,6-7,10-12H2,1-2H3,(H,35,37)(H,36,38)/t17-,19+,20+/m0/s1. The number of nitrogens with one attached hydrogen (secondary N) is 3. The maximum atomic E-state index is 15.0. The Labute approximate surface area is 229 Å². The van der Waals surface area contributed by atoms with Gasteiger partial charge >= 0.3 is 0 Å². The molecule has 12 heteroatoms. The number of hydrogen-bond acceptors (Lipinski definition) is 6. The second kappa shape index (κ2) is 11.8. The first-order valence-electron chi connectivity index (χ1n) is 13.4. The van der Waals surface area contributed by atoms with Crippen molar-refractivity contribution in [1.82, 2.24) is 25.6 Å². The molecule has 2 aliphatic rings. The molecule has 3 N–H and O–H groups in total. The molecule has 2 fully saturated rings. The van der Waals surface area contributed by atoms with Crippen molar-refractivity contribution in [3.05, 3.63) is 41.3 Å². The third-order valence-electron chi connectivity index (χ3n) is 7.41. The summed E-state index contributed by atoms with van der Waals surface area (Å²) in [5.74, 6) is 0.0537. The Morgan fingerprint density at radius 2 is 1.95 bits per heavy atom. The largest absolute Gasteiger partial charge is 0.493 e. The van der Waals surface area contributed by atoms with E-state index in [1.807, 2.05) is 0 Å². The highest BCUT2D eigenvalue weighted by Crippen LogP contribution is 2.38. The predicted molar refractivity (Wildman–Crippen MR) is 141 cm³/mol. The molecule has 1 aromatic carbocycles.